The number of nitrogens with one attached hydrogen (secondary N) is 1. The molecule has 1 aliphatic carbocycles. The maximum absolute atomic E-state index is 12.7. The zero-order valence-corrected chi connectivity index (χ0v) is 18.8. The molecule has 172 valence electrons. The van der Waals surface area contributed by atoms with Crippen LogP contribution in [0.4, 0.5) is 5.69 Å². The summed E-state index contributed by atoms with van der Waals surface area (Å²) in [6, 6.07) is 18.7. The van der Waals surface area contributed by atoms with E-state index in [1.807, 2.05) is 6.92 Å². The zero-order valence-electron chi connectivity index (χ0n) is 18.8. The Morgan fingerprint density at radius 3 is 2.18 bits per heavy atom. The third-order valence-electron chi connectivity index (χ3n) is 5.22. The summed E-state index contributed by atoms with van der Waals surface area (Å²) >= 11 is 0. The van der Waals surface area contributed by atoms with Gasteiger partial charge in [-0.3, -0.25) is 14.4 Å². The summed E-state index contributed by atoms with van der Waals surface area (Å²) in [6.45, 7) is 1.97. The van der Waals surface area contributed by atoms with Gasteiger partial charge in [0, 0.05) is 16.8 Å². The first kappa shape index (κ1) is 22.8. The van der Waals surface area contributed by atoms with Gasteiger partial charge in [0.1, 0.15) is 5.75 Å². The largest absolute Gasteiger partial charge is 0.497 e. The van der Waals surface area contributed by atoms with E-state index in [4.69, 9.17) is 14.2 Å². The zero-order chi connectivity index (χ0) is 24.1. The standard InChI is InChI=1S/C27H23NO6/c1-3-33-24-15-17(14-22-26(30)20-6-4-5-7-21(20)27(22)31)8-13-23(24)34-16-25(29)28-18-9-11-19(32-2)12-10-18/h4-15H,3,16H2,1-2H3,(H,28,29). The van der Waals surface area contributed by atoms with Gasteiger partial charge >= 0.3 is 0 Å². The molecule has 0 bridgehead atoms. The third kappa shape index (κ3) is 4.83. The number of Topliss-reactive ketones (excluding diaryl/α,β-unsaturated/α-hetero) is 2. The van der Waals surface area contributed by atoms with Crippen molar-refractivity contribution in [2.45, 2.75) is 6.92 Å². The smallest absolute Gasteiger partial charge is 0.262 e. The molecule has 1 aliphatic rings. The minimum absolute atomic E-state index is 0.108. The molecule has 34 heavy (non-hydrogen) atoms. The maximum Gasteiger partial charge on any atom is 0.262 e. The monoisotopic (exact) mass is 457 g/mol. The van der Waals surface area contributed by atoms with Crippen LogP contribution in [0.15, 0.2) is 72.3 Å². The second kappa shape index (κ2) is 10.0. The van der Waals surface area contributed by atoms with Crippen molar-refractivity contribution in [1.82, 2.24) is 0 Å². The van der Waals surface area contributed by atoms with Crippen molar-refractivity contribution >= 4 is 29.2 Å². The van der Waals surface area contributed by atoms with Gasteiger partial charge in [0.25, 0.3) is 5.91 Å². The molecular weight excluding hydrogens is 434 g/mol. The van der Waals surface area contributed by atoms with E-state index in [1.54, 1.807) is 79.9 Å². The quantitative estimate of drug-likeness (QED) is 0.394. The Labute approximate surface area is 197 Å². The Balaban J connectivity index is 1.47. The van der Waals surface area contributed by atoms with E-state index in [0.29, 0.717) is 46.2 Å². The minimum atomic E-state index is -0.335. The van der Waals surface area contributed by atoms with Gasteiger partial charge in [-0.25, -0.2) is 0 Å². The van der Waals surface area contributed by atoms with Gasteiger partial charge in [0.2, 0.25) is 0 Å². The summed E-state index contributed by atoms with van der Waals surface area (Å²) in [7, 11) is 1.57. The summed E-state index contributed by atoms with van der Waals surface area (Å²) in [5.74, 6) is 0.545. The van der Waals surface area contributed by atoms with Crippen molar-refractivity contribution in [2.75, 3.05) is 25.6 Å². The Morgan fingerprint density at radius 2 is 1.56 bits per heavy atom. The SMILES string of the molecule is CCOc1cc(C=C2C(=O)c3ccccc3C2=O)ccc1OCC(=O)Nc1ccc(OC)cc1. The number of amides is 1. The second-order valence-corrected chi connectivity index (χ2v) is 7.47. The number of hydrogen-bond donors (Lipinski definition) is 1. The first-order valence-electron chi connectivity index (χ1n) is 10.7. The average molecular weight is 457 g/mol. The van der Waals surface area contributed by atoms with Gasteiger partial charge in [-0.2, -0.15) is 0 Å². The van der Waals surface area contributed by atoms with E-state index >= 15 is 0 Å². The molecule has 0 radical (unpaired) electrons. The first-order chi connectivity index (χ1) is 16.5. The molecule has 0 atom stereocenters. The van der Waals surface area contributed by atoms with Gasteiger partial charge in [0.15, 0.2) is 29.7 Å². The molecular formula is C27H23NO6. The number of carbonyl (C=O) groups excluding carboxylic acids is 3. The molecule has 3 aromatic carbocycles. The Hall–Kier alpha value is -4.39. The number of ketones is 2. The van der Waals surface area contributed by atoms with Crippen LogP contribution in [0.3, 0.4) is 0 Å². The number of allylic oxidation sites excluding steroid dienone is 1. The van der Waals surface area contributed by atoms with Crippen molar-refractivity contribution in [2.24, 2.45) is 0 Å². The van der Waals surface area contributed by atoms with Crippen LogP contribution in [-0.4, -0.2) is 37.8 Å². The van der Waals surface area contributed by atoms with Gasteiger partial charge in [-0.15, -0.1) is 0 Å². The third-order valence-corrected chi connectivity index (χ3v) is 5.22. The summed E-state index contributed by atoms with van der Waals surface area (Å²) < 4.78 is 16.4. The first-order valence-corrected chi connectivity index (χ1v) is 10.7. The van der Waals surface area contributed by atoms with Crippen LogP contribution >= 0.6 is 0 Å². The van der Waals surface area contributed by atoms with Crippen LogP contribution < -0.4 is 19.5 Å². The summed E-state index contributed by atoms with van der Waals surface area (Å²) in [5, 5.41) is 2.75. The molecule has 1 amide bonds. The fourth-order valence-electron chi connectivity index (χ4n) is 3.59. The number of anilines is 1. The Kier molecular flexibility index (Phi) is 6.73. The van der Waals surface area contributed by atoms with Crippen LogP contribution in [0.25, 0.3) is 6.08 Å². The number of carbonyl (C=O) groups is 3. The molecule has 0 heterocycles. The van der Waals surface area contributed by atoms with Crippen LogP contribution in [0.2, 0.25) is 0 Å². The van der Waals surface area contributed by atoms with Crippen LogP contribution in [-0.2, 0) is 4.79 Å². The number of benzene rings is 3. The lowest BCUT2D eigenvalue weighted by Gasteiger charge is -2.13. The normalized spacial score (nSPS) is 12.2. The molecule has 0 saturated carbocycles. The lowest BCUT2D eigenvalue weighted by Crippen LogP contribution is -2.20. The Morgan fingerprint density at radius 1 is 0.882 bits per heavy atom. The van der Waals surface area contributed by atoms with Crippen molar-refractivity contribution in [3.63, 3.8) is 0 Å². The molecule has 4 rings (SSSR count). The van der Waals surface area contributed by atoms with Crippen molar-refractivity contribution < 1.29 is 28.6 Å². The molecule has 7 heteroatoms. The van der Waals surface area contributed by atoms with E-state index in [0.717, 1.165) is 0 Å². The average Bonchev–Trinajstić information content (AvgIpc) is 3.09. The van der Waals surface area contributed by atoms with Crippen molar-refractivity contribution in [3.8, 4) is 17.2 Å². The number of methoxy groups -OCH3 is 1. The molecule has 7 nitrogen and oxygen atoms in total. The van der Waals surface area contributed by atoms with E-state index in [-0.39, 0.29) is 29.7 Å². The molecule has 0 aromatic heterocycles. The van der Waals surface area contributed by atoms with Crippen LogP contribution in [0.5, 0.6) is 17.2 Å². The van der Waals surface area contributed by atoms with Gasteiger partial charge < -0.3 is 19.5 Å². The highest BCUT2D eigenvalue weighted by atomic mass is 16.5. The lowest BCUT2D eigenvalue weighted by atomic mass is 10.1. The summed E-state index contributed by atoms with van der Waals surface area (Å²) in [6.07, 6.45) is 1.55. The molecule has 0 saturated heterocycles. The number of ether oxygens (including phenoxy) is 3. The molecule has 0 aliphatic heterocycles. The highest BCUT2D eigenvalue weighted by Gasteiger charge is 2.32. The Bertz CT molecular complexity index is 1240. The van der Waals surface area contributed by atoms with E-state index in [1.165, 1.54) is 0 Å². The number of fused-ring (bicyclic) bond motifs is 1. The fourth-order valence-corrected chi connectivity index (χ4v) is 3.59. The van der Waals surface area contributed by atoms with Gasteiger partial charge in [-0.05, 0) is 55.0 Å². The summed E-state index contributed by atoms with van der Waals surface area (Å²) in [4.78, 5) is 37.6. The van der Waals surface area contributed by atoms with Crippen molar-refractivity contribution in [1.29, 1.82) is 0 Å². The predicted molar refractivity (Wildman–Crippen MR) is 128 cm³/mol. The fraction of sp³-hybridized carbons (Fsp3) is 0.148. The van der Waals surface area contributed by atoms with Crippen LogP contribution in [0.1, 0.15) is 33.2 Å². The van der Waals surface area contributed by atoms with Crippen LogP contribution in [0, 0.1) is 0 Å². The van der Waals surface area contributed by atoms with Gasteiger partial charge in [0.05, 0.1) is 19.3 Å². The second-order valence-electron chi connectivity index (χ2n) is 7.47. The molecule has 3 aromatic rings. The topological polar surface area (TPSA) is 90.9 Å². The van der Waals surface area contributed by atoms with E-state index in [9.17, 15) is 14.4 Å². The molecule has 0 fully saturated rings. The lowest BCUT2D eigenvalue weighted by molar-refractivity contribution is -0.118. The highest BCUT2D eigenvalue weighted by molar-refractivity contribution is 6.41. The van der Waals surface area contributed by atoms with Gasteiger partial charge in [-0.1, -0.05) is 30.3 Å². The van der Waals surface area contributed by atoms with E-state index < -0.39 is 0 Å². The number of rotatable bonds is 8. The molecule has 1 N–H and O–H groups in total. The highest BCUT2D eigenvalue weighted by Crippen LogP contribution is 2.32. The molecule has 0 unspecified atom stereocenters. The molecule has 0 spiro atoms. The minimum Gasteiger partial charge on any atom is -0.497 e. The predicted octanol–water partition coefficient (Wildman–Crippen LogP) is 4.57. The van der Waals surface area contributed by atoms with Crippen molar-refractivity contribution in [3.05, 3.63) is 89.0 Å². The maximum atomic E-state index is 12.7. The van der Waals surface area contributed by atoms with E-state index in [2.05, 4.69) is 5.32 Å². The number of hydrogen-bond acceptors (Lipinski definition) is 6. The summed E-state index contributed by atoms with van der Waals surface area (Å²) in [5.41, 5.74) is 2.16.